The van der Waals surface area contributed by atoms with Crippen LogP contribution in [0.1, 0.15) is 22.3 Å². The highest BCUT2D eigenvalue weighted by molar-refractivity contribution is 6.04. The van der Waals surface area contributed by atoms with E-state index in [0.29, 0.717) is 0 Å². The highest BCUT2D eigenvalue weighted by atomic mass is 19.1. The molecule has 4 aromatic rings. The molecule has 0 saturated carbocycles. The average Bonchev–Trinajstić information content (AvgIpc) is 3.28. The highest BCUT2D eigenvalue weighted by Gasteiger charge is 2.30. The summed E-state index contributed by atoms with van der Waals surface area (Å²) in [6.07, 6.45) is 0.876. The van der Waals surface area contributed by atoms with Crippen molar-refractivity contribution in [2.24, 2.45) is 5.92 Å². The van der Waals surface area contributed by atoms with E-state index in [0.717, 1.165) is 53.5 Å². The van der Waals surface area contributed by atoms with Crippen LogP contribution in [0.25, 0.3) is 21.9 Å². The van der Waals surface area contributed by atoms with Crippen LogP contribution in [0.4, 0.5) is 4.39 Å². The van der Waals surface area contributed by atoms with Gasteiger partial charge in [-0.05, 0) is 58.6 Å². The molecule has 5 rings (SSSR count). The van der Waals surface area contributed by atoms with E-state index in [-0.39, 0.29) is 17.5 Å². The lowest BCUT2D eigenvalue weighted by atomic mass is 9.90. The van der Waals surface area contributed by atoms with E-state index in [4.69, 9.17) is 0 Å². The van der Waals surface area contributed by atoms with Gasteiger partial charge in [0, 0.05) is 24.6 Å². The standard InChI is InChI=1S/C28H24FNO/c29-25-13-12-22-16-20(10-11-23(22)17-25)18-30-15-14-24(19-30)28(31)27-9-5-4-8-26(27)21-6-2-1-3-7-21/h1-13,16-17,24H,14-15,18-19H2. The van der Waals surface area contributed by atoms with Crippen molar-refractivity contribution in [1.29, 1.82) is 0 Å². The minimum absolute atomic E-state index is 0.0133. The molecule has 2 nitrogen and oxygen atoms in total. The summed E-state index contributed by atoms with van der Waals surface area (Å²) in [5.41, 5.74) is 4.09. The van der Waals surface area contributed by atoms with Crippen molar-refractivity contribution in [2.45, 2.75) is 13.0 Å². The second-order valence-corrected chi connectivity index (χ2v) is 8.32. The molecule has 1 atom stereocenters. The third kappa shape index (κ3) is 4.14. The zero-order valence-corrected chi connectivity index (χ0v) is 17.3. The van der Waals surface area contributed by atoms with E-state index in [1.807, 2.05) is 54.6 Å². The molecule has 0 spiro atoms. The Kier molecular flexibility index (Phi) is 5.35. The summed E-state index contributed by atoms with van der Waals surface area (Å²) in [5, 5.41) is 1.96. The van der Waals surface area contributed by atoms with Crippen LogP contribution >= 0.6 is 0 Å². The molecule has 0 radical (unpaired) electrons. The summed E-state index contributed by atoms with van der Waals surface area (Å²) in [4.78, 5) is 15.7. The van der Waals surface area contributed by atoms with Crippen LogP contribution in [0.15, 0.2) is 91.0 Å². The molecule has 1 unspecified atom stereocenters. The van der Waals surface area contributed by atoms with E-state index < -0.39 is 0 Å². The summed E-state index contributed by atoms with van der Waals surface area (Å²) in [6.45, 7) is 2.48. The first-order valence-electron chi connectivity index (χ1n) is 10.8. The zero-order valence-electron chi connectivity index (χ0n) is 17.3. The quantitative estimate of drug-likeness (QED) is 0.358. The normalized spacial score (nSPS) is 16.6. The first kappa shape index (κ1) is 19.7. The van der Waals surface area contributed by atoms with Gasteiger partial charge in [-0.3, -0.25) is 9.69 Å². The van der Waals surface area contributed by atoms with Crippen LogP contribution < -0.4 is 0 Å². The summed E-state index contributed by atoms with van der Waals surface area (Å²) in [7, 11) is 0. The maximum atomic E-state index is 13.4. The predicted molar refractivity (Wildman–Crippen MR) is 123 cm³/mol. The van der Waals surface area contributed by atoms with E-state index >= 15 is 0 Å². The average molecular weight is 410 g/mol. The van der Waals surface area contributed by atoms with Gasteiger partial charge in [0.05, 0.1) is 0 Å². The molecule has 0 N–H and O–H groups in total. The number of rotatable bonds is 5. The topological polar surface area (TPSA) is 20.3 Å². The Balaban J connectivity index is 1.31. The molecule has 0 bridgehead atoms. The lowest BCUT2D eigenvalue weighted by molar-refractivity contribution is 0.0922. The molecule has 31 heavy (non-hydrogen) atoms. The van der Waals surface area contributed by atoms with Crippen LogP contribution in [0, 0.1) is 11.7 Å². The van der Waals surface area contributed by atoms with Gasteiger partial charge in [-0.2, -0.15) is 0 Å². The predicted octanol–water partition coefficient (Wildman–Crippen LogP) is 6.35. The monoisotopic (exact) mass is 409 g/mol. The molecule has 1 fully saturated rings. The van der Waals surface area contributed by atoms with Crippen molar-refractivity contribution in [3.05, 3.63) is 108 Å². The Bertz CT molecular complexity index is 1230. The van der Waals surface area contributed by atoms with Crippen LogP contribution in [0.3, 0.4) is 0 Å². The van der Waals surface area contributed by atoms with Crippen molar-refractivity contribution in [3.63, 3.8) is 0 Å². The second kappa shape index (κ2) is 8.44. The maximum Gasteiger partial charge on any atom is 0.167 e. The van der Waals surface area contributed by atoms with Gasteiger partial charge in [0.1, 0.15) is 5.82 Å². The second-order valence-electron chi connectivity index (χ2n) is 8.32. The molecule has 1 heterocycles. The Morgan fingerprint density at radius 1 is 0.871 bits per heavy atom. The number of hydrogen-bond acceptors (Lipinski definition) is 2. The molecule has 1 saturated heterocycles. The first-order valence-corrected chi connectivity index (χ1v) is 10.8. The van der Waals surface area contributed by atoms with Crippen LogP contribution in [0.5, 0.6) is 0 Å². The number of hydrogen-bond donors (Lipinski definition) is 0. The molecule has 0 aromatic heterocycles. The Morgan fingerprint density at radius 3 is 2.48 bits per heavy atom. The number of ketones is 1. The van der Waals surface area contributed by atoms with Gasteiger partial charge in [0.15, 0.2) is 5.78 Å². The maximum absolute atomic E-state index is 13.4. The summed E-state index contributed by atoms with van der Waals surface area (Å²) in [6, 6.07) is 29.1. The Labute approximate surface area is 181 Å². The first-order chi connectivity index (χ1) is 15.2. The minimum Gasteiger partial charge on any atom is -0.298 e. The minimum atomic E-state index is -0.211. The summed E-state index contributed by atoms with van der Waals surface area (Å²) >= 11 is 0. The lowest BCUT2D eigenvalue weighted by Gasteiger charge is -2.17. The van der Waals surface area contributed by atoms with E-state index in [9.17, 15) is 9.18 Å². The fraction of sp³-hybridized carbons (Fsp3) is 0.179. The van der Waals surface area contributed by atoms with Crippen LogP contribution in [-0.2, 0) is 6.54 Å². The third-order valence-corrected chi connectivity index (χ3v) is 6.19. The zero-order chi connectivity index (χ0) is 21.2. The molecule has 154 valence electrons. The lowest BCUT2D eigenvalue weighted by Crippen LogP contribution is -2.23. The van der Waals surface area contributed by atoms with Gasteiger partial charge >= 0.3 is 0 Å². The van der Waals surface area contributed by atoms with Gasteiger partial charge in [-0.25, -0.2) is 4.39 Å². The molecule has 4 aromatic carbocycles. The summed E-state index contributed by atoms with van der Waals surface area (Å²) in [5.74, 6) is 0.0345. The van der Waals surface area contributed by atoms with Gasteiger partial charge in [-0.15, -0.1) is 0 Å². The van der Waals surface area contributed by atoms with Gasteiger partial charge < -0.3 is 0 Å². The van der Waals surface area contributed by atoms with Gasteiger partial charge in [0.2, 0.25) is 0 Å². The van der Waals surface area contributed by atoms with Crippen molar-refractivity contribution in [2.75, 3.05) is 13.1 Å². The van der Waals surface area contributed by atoms with E-state index in [1.54, 1.807) is 6.07 Å². The van der Waals surface area contributed by atoms with Gasteiger partial charge in [0.25, 0.3) is 0 Å². The SMILES string of the molecule is O=C(c1ccccc1-c1ccccc1)C1CCN(Cc2ccc3cc(F)ccc3c2)C1. The molecular formula is C28H24FNO. The number of fused-ring (bicyclic) bond motifs is 1. The van der Waals surface area contributed by atoms with Crippen LogP contribution in [0.2, 0.25) is 0 Å². The van der Waals surface area contributed by atoms with Crippen molar-refractivity contribution >= 4 is 16.6 Å². The molecule has 1 aliphatic rings. The molecule has 1 aliphatic heterocycles. The molecule has 0 amide bonds. The molecule has 3 heteroatoms. The third-order valence-electron chi connectivity index (χ3n) is 6.19. The number of Topliss-reactive ketones (excluding diaryl/α,β-unsaturated/α-hetero) is 1. The smallest absolute Gasteiger partial charge is 0.167 e. The van der Waals surface area contributed by atoms with Crippen molar-refractivity contribution in [3.8, 4) is 11.1 Å². The van der Waals surface area contributed by atoms with E-state index in [1.165, 1.54) is 11.6 Å². The van der Waals surface area contributed by atoms with Crippen molar-refractivity contribution < 1.29 is 9.18 Å². The number of halogens is 1. The van der Waals surface area contributed by atoms with Gasteiger partial charge in [-0.1, -0.05) is 72.8 Å². The molecule has 0 aliphatic carbocycles. The fourth-order valence-corrected chi connectivity index (χ4v) is 4.60. The fourth-order valence-electron chi connectivity index (χ4n) is 4.60. The number of likely N-dealkylation sites (tertiary alicyclic amines) is 1. The molecular weight excluding hydrogens is 385 g/mol. The Hall–Kier alpha value is -3.30. The van der Waals surface area contributed by atoms with Crippen molar-refractivity contribution in [1.82, 2.24) is 4.90 Å². The number of carbonyl (C=O) groups excluding carboxylic acids is 1. The number of nitrogens with zero attached hydrogens (tertiary/aromatic N) is 1. The summed E-state index contributed by atoms with van der Waals surface area (Å²) < 4.78 is 13.4. The van der Waals surface area contributed by atoms with Crippen LogP contribution in [-0.4, -0.2) is 23.8 Å². The number of benzene rings is 4. The largest absolute Gasteiger partial charge is 0.298 e. The Morgan fingerprint density at radius 2 is 1.61 bits per heavy atom. The highest BCUT2D eigenvalue weighted by Crippen LogP contribution is 2.29. The van der Waals surface area contributed by atoms with E-state index in [2.05, 4.69) is 29.2 Å². The number of carbonyl (C=O) groups is 1.